The van der Waals surface area contributed by atoms with Crippen LogP contribution >= 0.6 is 11.8 Å². The topological polar surface area (TPSA) is 70.5 Å². The van der Waals surface area contributed by atoms with E-state index >= 15 is 0 Å². The largest absolute Gasteiger partial charge is 0.478 e. The lowest BCUT2D eigenvalue weighted by Crippen LogP contribution is -2.30. The summed E-state index contributed by atoms with van der Waals surface area (Å²) in [6.07, 6.45) is 2.13. The van der Waals surface area contributed by atoms with E-state index < -0.39 is 5.97 Å². The highest BCUT2D eigenvalue weighted by molar-refractivity contribution is 8.00. The van der Waals surface area contributed by atoms with Crippen LogP contribution in [0.4, 0.5) is 0 Å². The molecule has 1 amide bonds. The number of hydrogen-bond acceptors (Lipinski definition) is 4. The van der Waals surface area contributed by atoms with Crippen LogP contribution in [0.5, 0.6) is 0 Å². The zero-order valence-electron chi connectivity index (χ0n) is 11.8. The Kier molecular flexibility index (Phi) is 4.32. The number of hydrogen-bond donors (Lipinski definition) is 1. The number of pyridine rings is 1. The summed E-state index contributed by atoms with van der Waals surface area (Å²) in [6, 6.07) is 2.11. The second-order valence-electron chi connectivity index (χ2n) is 5.09. The predicted octanol–water partition coefficient (Wildman–Crippen LogP) is 2.11. The van der Waals surface area contributed by atoms with Crippen molar-refractivity contribution in [3.05, 3.63) is 22.9 Å². The minimum atomic E-state index is -1.000. The van der Waals surface area contributed by atoms with E-state index in [9.17, 15) is 14.7 Å². The third kappa shape index (κ3) is 3.30. The van der Waals surface area contributed by atoms with Gasteiger partial charge in [0.1, 0.15) is 5.03 Å². The number of aromatic nitrogens is 1. The van der Waals surface area contributed by atoms with Crippen molar-refractivity contribution >= 4 is 23.6 Å². The van der Waals surface area contributed by atoms with Gasteiger partial charge in [0.15, 0.2) is 0 Å². The molecule has 1 saturated carbocycles. The molecule has 1 aliphatic rings. The van der Waals surface area contributed by atoms with E-state index in [-0.39, 0.29) is 17.2 Å². The predicted molar refractivity (Wildman–Crippen MR) is 77.2 cm³/mol. The molecule has 108 valence electrons. The maximum Gasteiger partial charge on any atom is 0.338 e. The lowest BCUT2D eigenvalue weighted by Gasteiger charge is -2.16. The maximum atomic E-state index is 12.0. The number of amides is 1. The smallest absolute Gasteiger partial charge is 0.338 e. The first-order valence-electron chi connectivity index (χ1n) is 6.50. The fraction of sp³-hybridized carbons (Fsp3) is 0.500. The molecular weight excluding hydrogens is 276 g/mol. The number of carboxylic acids is 1. The van der Waals surface area contributed by atoms with Crippen molar-refractivity contribution in [3.8, 4) is 0 Å². The molecule has 1 heterocycles. The first kappa shape index (κ1) is 14.8. The number of aromatic carboxylic acids is 1. The molecule has 1 fully saturated rings. The molecule has 2 rings (SSSR count). The normalized spacial score (nSPS) is 14.2. The van der Waals surface area contributed by atoms with E-state index in [4.69, 9.17) is 0 Å². The van der Waals surface area contributed by atoms with E-state index in [0.717, 1.165) is 18.5 Å². The Bertz CT molecular complexity index is 556. The van der Waals surface area contributed by atoms with Gasteiger partial charge >= 0.3 is 5.97 Å². The van der Waals surface area contributed by atoms with Crippen molar-refractivity contribution in [1.29, 1.82) is 0 Å². The van der Waals surface area contributed by atoms with Crippen molar-refractivity contribution in [2.45, 2.75) is 37.8 Å². The molecule has 1 N–H and O–H groups in total. The van der Waals surface area contributed by atoms with Gasteiger partial charge in [-0.3, -0.25) is 4.79 Å². The fourth-order valence-corrected chi connectivity index (χ4v) is 3.13. The lowest BCUT2D eigenvalue weighted by molar-refractivity contribution is -0.127. The monoisotopic (exact) mass is 294 g/mol. The van der Waals surface area contributed by atoms with Crippen LogP contribution in [0.15, 0.2) is 11.1 Å². The highest BCUT2D eigenvalue weighted by Gasteiger charge is 2.29. The molecule has 0 aliphatic heterocycles. The Hall–Kier alpha value is -1.56. The van der Waals surface area contributed by atoms with Gasteiger partial charge in [-0.25, -0.2) is 9.78 Å². The number of aryl methyl sites for hydroxylation is 2. The van der Waals surface area contributed by atoms with Crippen molar-refractivity contribution in [3.63, 3.8) is 0 Å². The van der Waals surface area contributed by atoms with Crippen LogP contribution in [0, 0.1) is 13.8 Å². The van der Waals surface area contributed by atoms with Gasteiger partial charge in [-0.2, -0.15) is 0 Å². The number of thioether (sulfide) groups is 1. The minimum absolute atomic E-state index is 0.0230. The molecule has 0 spiro atoms. The van der Waals surface area contributed by atoms with Gasteiger partial charge in [-0.05, 0) is 38.3 Å². The summed E-state index contributed by atoms with van der Waals surface area (Å²) in [7, 11) is 1.80. The van der Waals surface area contributed by atoms with Crippen LogP contribution in [0.25, 0.3) is 0 Å². The number of nitrogens with zero attached hydrogens (tertiary/aromatic N) is 2. The molecular formula is C14H18N2O3S. The molecule has 0 aromatic carbocycles. The minimum Gasteiger partial charge on any atom is -0.478 e. The Morgan fingerprint density at radius 1 is 1.45 bits per heavy atom. The van der Waals surface area contributed by atoms with Crippen molar-refractivity contribution < 1.29 is 14.7 Å². The second-order valence-corrected chi connectivity index (χ2v) is 6.05. The highest BCUT2D eigenvalue weighted by atomic mass is 32.2. The van der Waals surface area contributed by atoms with Crippen LogP contribution in [0.2, 0.25) is 0 Å². The van der Waals surface area contributed by atoms with Gasteiger partial charge in [-0.1, -0.05) is 11.8 Å². The molecule has 0 unspecified atom stereocenters. The summed E-state index contributed by atoms with van der Waals surface area (Å²) >= 11 is 1.20. The Morgan fingerprint density at radius 3 is 2.65 bits per heavy atom. The first-order chi connectivity index (χ1) is 9.40. The van der Waals surface area contributed by atoms with E-state index in [1.807, 2.05) is 6.92 Å². The van der Waals surface area contributed by atoms with Gasteiger partial charge < -0.3 is 10.0 Å². The summed E-state index contributed by atoms with van der Waals surface area (Å²) in [6.45, 7) is 3.57. The number of carbonyl (C=O) groups is 2. The average Bonchev–Trinajstić information content (AvgIpc) is 3.17. The molecule has 0 bridgehead atoms. The Morgan fingerprint density at radius 2 is 2.10 bits per heavy atom. The molecule has 1 aromatic rings. The van der Waals surface area contributed by atoms with Crippen LogP contribution in [-0.2, 0) is 4.79 Å². The zero-order valence-corrected chi connectivity index (χ0v) is 12.7. The van der Waals surface area contributed by atoms with Crippen molar-refractivity contribution in [2.24, 2.45) is 0 Å². The van der Waals surface area contributed by atoms with Crippen LogP contribution < -0.4 is 0 Å². The van der Waals surface area contributed by atoms with E-state index in [1.165, 1.54) is 11.8 Å². The third-order valence-electron chi connectivity index (χ3n) is 3.35. The van der Waals surface area contributed by atoms with Crippen LogP contribution in [0.1, 0.15) is 34.5 Å². The molecule has 6 heteroatoms. The molecule has 0 saturated heterocycles. The second kappa shape index (κ2) is 5.83. The number of rotatable bonds is 5. The molecule has 5 nitrogen and oxygen atoms in total. The molecule has 20 heavy (non-hydrogen) atoms. The Balaban J connectivity index is 2.12. The summed E-state index contributed by atoms with van der Waals surface area (Å²) in [5, 5.41) is 9.69. The summed E-state index contributed by atoms with van der Waals surface area (Å²) < 4.78 is 0. The maximum absolute atomic E-state index is 12.0. The fourth-order valence-electron chi connectivity index (χ4n) is 2.06. The van der Waals surface area contributed by atoms with Gasteiger partial charge in [0.25, 0.3) is 0 Å². The summed E-state index contributed by atoms with van der Waals surface area (Å²) in [4.78, 5) is 29.3. The van der Waals surface area contributed by atoms with Gasteiger partial charge in [-0.15, -0.1) is 0 Å². The molecule has 0 radical (unpaired) electrons. The molecule has 1 aliphatic carbocycles. The van der Waals surface area contributed by atoms with Crippen LogP contribution in [0.3, 0.4) is 0 Å². The standard InChI is InChI=1S/C14H18N2O3S/c1-8-6-9(2)15-13(12(8)14(18)19)20-7-11(17)16(3)10-4-5-10/h6,10H,4-5,7H2,1-3H3,(H,18,19). The van der Waals surface area contributed by atoms with Crippen molar-refractivity contribution in [1.82, 2.24) is 9.88 Å². The van der Waals surface area contributed by atoms with Crippen LogP contribution in [-0.4, -0.2) is 45.7 Å². The molecule has 1 aromatic heterocycles. The lowest BCUT2D eigenvalue weighted by atomic mass is 10.1. The van der Waals surface area contributed by atoms with Crippen molar-refractivity contribution in [2.75, 3.05) is 12.8 Å². The van der Waals surface area contributed by atoms with Gasteiger partial charge in [0.2, 0.25) is 5.91 Å². The zero-order chi connectivity index (χ0) is 14.9. The molecule has 0 atom stereocenters. The summed E-state index contributed by atoms with van der Waals surface area (Å²) in [5.74, 6) is -0.751. The number of carboxylic acid groups (broad SMARTS) is 1. The van der Waals surface area contributed by atoms with E-state index in [0.29, 0.717) is 16.6 Å². The van der Waals surface area contributed by atoms with Gasteiger partial charge in [0, 0.05) is 18.8 Å². The average molecular weight is 294 g/mol. The summed E-state index contributed by atoms with van der Waals surface area (Å²) in [5.41, 5.74) is 1.64. The highest BCUT2D eigenvalue weighted by Crippen LogP contribution is 2.28. The van der Waals surface area contributed by atoms with E-state index in [1.54, 1.807) is 24.9 Å². The van der Waals surface area contributed by atoms with E-state index in [2.05, 4.69) is 4.98 Å². The third-order valence-corrected chi connectivity index (χ3v) is 4.31. The van der Waals surface area contributed by atoms with Gasteiger partial charge in [0.05, 0.1) is 11.3 Å². The Labute approximate surface area is 122 Å². The first-order valence-corrected chi connectivity index (χ1v) is 7.48. The number of carbonyl (C=O) groups excluding carboxylic acids is 1. The SMILES string of the molecule is Cc1cc(C)c(C(=O)O)c(SCC(=O)N(C)C2CC2)n1. The quantitative estimate of drug-likeness (QED) is 0.842.